The number of carbonyl (C=O) groups excluding carboxylic acids is 1. The lowest BCUT2D eigenvalue weighted by Crippen LogP contribution is -2.46. The zero-order chi connectivity index (χ0) is 26.9. The first-order chi connectivity index (χ1) is 16.5. The van der Waals surface area contributed by atoms with Crippen LogP contribution in [-0.2, 0) is 24.8 Å². The molecule has 5 atom stereocenters. The average Bonchev–Trinajstić information content (AvgIpc) is 3.24. The molecule has 1 heterocycles. The Labute approximate surface area is 223 Å². The van der Waals surface area contributed by atoms with Gasteiger partial charge in [0.1, 0.15) is 6.10 Å². The molecule has 1 saturated heterocycles. The van der Waals surface area contributed by atoms with Crippen LogP contribution in [0.3, 0.4) is 0 Å². The molecule has 1 aromatic carbocycles. The number of hydrogen-bond acceptors (Lipinski definition) is 4. The summed E-state index contributed by atoms with van der Waals surface area (Å²) < 4.78 is 19.8. The second-order valence-electron chi connectivity index (χ2n) is 14.3. The monoisotopic (exact) mass is 532 g/mol. The molecule has 2 aliphatic rings. The van der Waals surface area contributed by atoms with Gasteiger partial charge < -0.3 is 13.6 Å². The van der Waals surface area contributed by atoms with Crippen LogP contribution in [0.5, 0.6) is 0 Å². The Kier molecular flexibility index (Phi) is 9.07. The highest BCUT2D eigenvalue weighted by molar-refractivity contribution is 6.74. The van der Waals surface area contributed by atoms with Crippen LogP contribution in [0.15, 0.2) is 30.3 Å². The van der Waals surface area contributed by atoms with Crippen LogP contribution in [0.2, 0.25) is 36.3 Å². The van der Waals surface area contributed by atoms with Crippen molar-refractivity contribution in [2.24, 2.45) is 11.8 Å². The van der Waals surface area contributed by atoms with E-state index in [9.17, 15) is 4.79 Å². The van der Waals surface area contributed by atoms with Crippen LogP contribution in [-0.4, -0.2) is 40.9 Å². The SMILES string of the molecule is CC(C)(C)[Si](C)(C)O[C@H](CCc1ccccc1)CC[C@@H]1[C@H]2CC(=O)O[C@H]2C[C@H]1O[Si](C)(C)C(C)(C)C. The molecule has 0 aromatic heterocycles. The molecular formula is C30H52O4Si2. The molecule has 2 fully saturated rings. The number of carbonyl (C=O) groups is 1. The van der Waals surface area contributed by atoms with E-state index in [2.05, 4.69) is 98.1 Å². The highest BCUT2D eigenvalue weighted by Crippen LogP contribution is 2.48. The van der Waals surface area contributed by atoms with Crippen molar-refractivity contribution >= 4 is 22.6 Å². The van der Waals surface area contributed by atoms with Gasteiger partial charge in [0.25, 0.3) is 0 Å². The van der Waals surface area contributed by atoms with E-state index in [1.807, 2.05) is 0 Å². The molecule has 1 aliphatic carbocycles. The fourth-order valence-corrected chi connectivity index (χ4v) is 8.06. The van der Waals surface area contributed by atoms with Crippen molar-refractivity contribution in [2.45, 2.75) is 135 Å². The van der Waals surface area contributed by atoms with Gasteiger partial charge in [-0.25, -0.2) is 0 Å². The van der Waals surface area contributed by atoms with Gasteiger partial charge in [0.15, 0.2) is 16.6 Å². The quantitative estimate of drug-likeness (QED) is 0.225. The van der Waals surface area contributed by atoms with Crippen LogP contribution < -0.4 is 0 Å². The Bertz CT molecular complexity index is 869. The number of fused-ring (bicyclic) bond motifs is 1. The third kappa shape index (κ3) is 7.12. The minimum Gasteiger partial charge on any atom is -0.462 e. The van der Waals surface area contributed by atoms with Crippen LogP contribution >= 0.6 is 0 Å². The summed E-state index contributed by atoms with van der Waals surface area (Å²) in [5.41, 5.74) is 1.37. The van der Waals surface area contributed by atoms with E-state index in [4.69, 9.17) is 13.6 Å². The number of aryl methyl sites for hydroxylation is 1. The Morgan fingerprint density at radius 2 is 1.56 bits per heavy atom. The minimum absolute atomic E-state index is 0.0288. The highest BCUT2D eigenvalue weighted by Gasteiger charge is 2.53. The van der Waals surface area contributed by atoms with Crippen LogP contribution in [0.25, 0.3) is 0 Å². The number of hydrogen-bond donors (Lipinski definition) is 0. The second kappa shape index (κ2) is 11.0. The Balaban J connectivity index is 1.76. The number of benzene rings is 1. The maximum atomic E-state index is 12.2. The number of esters is 1. The standard InChI is InChI=1S/C30H52O4Si2/c1-29(2,3)35(7,8)33-23(17-16-22-14-12-11-13-15-22)18-19-24-25-20-28(31)32-26(25)21-27(24)34-36(9,10)30(4,5)6/h11-15,23-27H,16-21H2,1-10H3/t23-,24-,25-,26+,27-/m1/s1. The van der Waals surface area contributed by atoms with Crippen molar-refractivity contribution in [1.82, 2.24) is 0 Å². The normalized spacial score (nSPS) is 26.1. The molecule has 1 aromatic rings. The van der Waals surface area contributed by atoms with E-state index in [0.29, 0.717) is 12.3 Å². The van der Waals surface area contributed by atoms with Gasteiger partial charge in [0.2, 0.25) is 0 Å². The summed E-state index contributed by atoms with van der Waals surface area (Å²) in [5, 5.41) is 0.339. The topological polar surface area (TPSA) is 44.8 Å². The van der Waals surface area contributed by atoms with Gasteiger partial charge in [-0.15, -0.1) is 0 Å². The largest absolute Gasteiger partial charge is 0.462 e. The van der Waals surface area contributed by atoms with Crippen molar-refractivity contribution in [1.29, 1.82) is 0 Å². The summed E-state index contributed by atoms with van der Waals surface area (Å²) in [6, 6.07) is 10.8. The fourth-order valence-electron chi connectivity index (χ4n) is 5.25. The third-order valence-electron chi connectivity index (χ3n) is 9.59. The first-order valence-corrected chi connectivity index (χ1v) is 19.9. The van der Waals surface area contributed by atoms with E-state index in [1.54, 1.807) is 0 Å². The Morgan fingerprint density at radius 1 is 0.944 bits per heavy atom. The predicted molar refractivity (Wildman–Crippen MR) is 154 cm³/mol. The van der Waals surface area contributed by atoms with Crippen LogP contribution in [0.1, 0.15) is 79.2 Å². The van der Waals surface area contributed by atoms with Crippen molar-refractivity contribution in [2.75, 3.05) is 0 Å². The van der Waals surface area contributed by atoms with Crippen molar-refractivity contribution in [3.05, 3.63) is 35.9 Å². The highest BCUT2D eigenvalue weighted by atomic mass is 28.4. The van der Waals surface area contributed by atoms with Crippen LogP contribution in [0, 0.1) is 11.8 Å². The Morgan fingerprint density at radius 3 is 2.14 bits per heavy atom. The smallest absolute Gasteiger partial charge is 0.306 e. The van der Waals surface area contributed by atoms with Gasteiger partial charge in [-0.3, -0.25) is 4.79 Å². The van der Waals surface area contributed by atoms with Gasteiger partial charge in [-0.2, -0.15) is 0 Å². The first-order valence-electron chi connectivity index (χ1n) is 14.1. The molecule has 0 unspecified atom stereocenters. The number of ether oxygens (including phenoxy) is 1. The zero-order valence-electron chi connectivity index (χ0n) is 24.6. The summed E-state index contributed by atoms with van der Waals surface area (Å²) >= 11 is 0. The summed E-state index contributed by atoms with van der Waals surface area (Å²) in [4.78, 5) is 12.2. The lowest BCUT2D eigenvalue weighted by atomic mass is 9.87. The lowest BCUT2D eigenvalue weighted by molar-refractivity contribution is -0.141. The molecule has 0 spiro atoms. The number of rotatable bonds is 10. The molecule has 0 amide bonds. The van der Waals surface area contributed by atoms with Gasteiger partial charge >= 0.3 is 5.97 Å². The summed E-state index contributed by atoms with van der Waals surface area (Å²) in [6.45, 7) is 23.3. The maximum absolute atomic E-state index is 12.2. The molecule has 1 aliphatic heterocycles. The summed E-state index contributed by atoms with van der Waals surface area (Å²) in [6.07, 6.45) is 5.93. The van der Waals surface area contributed by atoms with E-state index >= 15 is 0 Å². The molecule has 4 nitrogen and oxygen atoms in total. The predicted octanol–water partition coefficient (Wildman–Crippen LogP) is 8.13. The van der Waals surface area contributed by atoms with Crippen molar-refractivity contribution in [3.63, 3.8) is 0 Å². The third-order valence-corrected chi connectivity index (χ3v) is 18.6. The van der Waals surface area contributed by atoms with Gasteiger partial charge in [-0.05, 0) is 73.4 Å². The zero-order valence-corrected chi connectivity index (χ0v) is 26.6. The Hall–Kier alpha value is -0.956. The molecule has 0 radical (unpaired) electrons. The maximum Gasteiger partial charge on any atom is 0.306 e. The lowest BCUT2D eigenvalue weighted by Gasteiger charge is -2.41. The van der Waals surface area contributed by atoms with Crippen molar-refractivity contribution in [3.8, 4) is 0 Å². The summed E-state index contributed by atoms with van der Waals surface area (Å²) in [7, 11) is -3.82. The van der Waals surface area contributed by atoms with Gasteiger partial charge in [0.05, 0.1) is 12.5 Å². The average molecular weight is 533 g/mol. The molecule has 6 heteroatoms. The summed E-state index contributed by atoms with van der Waals surface area (Å²) in [5.74, 6) is 0.617. The molecule has 36 heavy (non-hydrogen) atoms. The van der Waals surface area contributed by atoms with Crippen LogP contribution in [0.4, 0.5) is 0 Å². The molecule has 204 valence electrons. The van der Waals surface area contributed by atoms with E-state index < -0.39 is 16.6 Å². The van der Waals surface area contributed by atoms with Gasteiger partial charge in [-0.1, -0.05) is 71.9 Å². The minimum atomic E-state index is -1.92. The molecule has 0 N–H and O–H groups in total. The molecular weight excluding hydrogens is 480 g/mol. The van der Waals surface area contributed by atoms with Gasteiger partial charge in [0, 0.05) is 18.4 Å². The van der Waals surface area contributed by atoms with Crippen molar-refractivity contribution < 1.29 is 18.4 Å². The molecule has 1 saturated carbocycles. The molecule has 0 bridgehead atoms. The first kappa shape index (κ1) is 29.6. The second-order valence-corrected chi connectivity index (χ2v) is 23.8. The van der Waals surface area contributed by atoms with E-state index in [1.165, 1.54) is 5.56 Å². The van der Waals surface area contributed by atoms with E-state index in [-0.39, 0.29) is 40.3 Å². The molecule has 3 rings (SSSR count). The fraction of sp³-hybridized carbons (Fsp3) is 0.767. The van der Waals surface area contributed by atoms with E-state index in [0.717, 1.165) is 32.1 Å².